The van der Waals surface area contributed by atoms with Crippen LogP contribution in [0.1, 0.15) is 24.2 Å². The Bertz CT molecular complexity index is 1630. The van der Waals surface area contributed by atoms with Crippen LogP contribution in [0.25, 0.3) is 0 Å². The molecular formula is C28H34N6O8S. The lowest BCUT2D eigenvalue weighted by Crippen LogP contribution is -2.50. The molecule has 0 saturated carbocycles. The summed E-state index contributed by atoms with van der Waals surface area (Å²) in [5.41, 5.74) is 0.968. The number of aromatic nitrogens is 2. The van der Waals surface area contributed by atoms with E-state index in [1.165, 1.54) is 34.8 Å². The largest absolute Gasteiger partial charge is 0.488 e. The smallest absolute Gasteiger partial charge is 0.323 e. The van der Waals surface area contributed by atoms with Crippen LogP contribution in [-0.4, -0.2) is 89.9 Å². The fourth-order valence-electron chi connectivity index (χ4n) is 4.82. The summed E-state index contributed by atoms with van der Waals surface area (Å²) in [6.45, 7) is 3.59. The molecule has 0 aliphatic carbocycles. The number of benzene rings is 2. The second-order valence-corrected chi connectivity index (χ2v) is 12.6. The number of urea groups is 1. The fraction of sp³-hybridized carbons (Fsp3) is 0.393. The van der Waals surface area contributed by atoms with Crippen molar-refractivity contribution in [3.8, 4) is 17.2 Å². The predicted molar refractivity (Wildman–Crippen MR) is 156 cm³/mol. The number of nitrogens with zero attached hydrogens (tertiary/aromatic N) is 4. The summed E-state index contributed by atoms with van der Waals surface area (Å²) in [4.78, 5) is 32.0. The summed E-state index contributed by atoms with van der Waals surface area (Å²) >= 11 is 0. The first-order valence-corrected chi connectivity index (χ1v) is 15.0. The summed E-state index contributed by atoms with van der Waals surface area (Å²) in [5, 5.41) is 15.3. The third-order valence-electron chi connectivity index (χ3n) is 7.35. The first-order chi connectivity index (χ1) is 20.5. The number of hydrogen-bond donors (Lipinski definition) is 3. The number of rotatable bonds is 8. The number of carbonyl (C=O) groups is 2. The van der Waals surface area contributed by atoms with Crippen LogP contribution in [0.3, 0.4) is 0 Å². The van der Waals surface area contributed by atoms with Gasteiger partial charge in [-0.3, -0.25) is 4.79 Å². The zero-order chi connectivity index (χ0) is 30.9. The molecule has 230 valence electrons. The maximum Gasteiger partial charge on any atom is 0.323 e. The number of anilines is 2. The maximum atomic E-state index is 13.7. The van der Waals surface area contributed by atoms with E-state index in [0.29, 0.717) is 22.9 Å². The minimum Gasteiger partial charge on any atom is -0.488 e. The lowest BCUT2D eigenvalue weighted by atomic mass is 9.99. The van der Waals surface area contributed by atoms with Crippen LogP contribution >= 0.6 is 0 Å². The van der Waals surface area contributed by atoms with Crippen LogP contribution < -0.4 is 24.8 Å². The molecule has 5 rings (SSSR count). The van der Waals surface area contributed by atoms with Crippen molar-refractivity contribution in [2.75, 3.05) is 44.2 Å². The monoisotopic (exact) mass is 614 g/mol. The standard InChI is InChI=1S/C28H34N6O8S/c1-17-11-34(18(2)14-35)27(36)21-9-19(30-28(37)31-20-6-8-23-24(10-20)41-16-40-23)5-7-22(21)42-25(17)12-33(4)43(38,39)26-13-32(3)15-29-26/h5-10,13,15,17-18,25,35H,11-12,14,16H2,1-4H3,(H2,30,31,37)/t17-,18+,25+/m0/s1. The highest BCUT2D eigenvalue weighted by Gasteiger charge is 2.36. The number of likely N-dealkylation sites (N-methyl/N-ethyl adjacent to an activating group) is 1. The van der Waals surface area contributed by atoms with Gasteiger partial charge in [0, 0.05) is 50.2 Å². The number of fused-ring (bicyclic) bond motifs is 2. The summed E-state index contributed by atoms with van der Waals surface area (Å²) in [6.07, 6.45) is 2.17. The Morgan fingerprint density at radius 3 is 2.49 bits per heavy atom. The summed E-state index contributed by atoms with van der Waals surface area (Å²) in [7, 11) is -0.772. The van der Waals surface area contributed by atoms with Gasteiger partial charge in [-0.1, -0.05) is 6.92 Å². The molecule has 0 spiro atoms. The van der Waals surface area contributed by atoms with E-state index in [9.17, 15) is 23.1 Å². The highest BCUT2D eigenvalue weighted by Crippen LogP contribution is 2.35. The van der Waals surface area contributed by atoms with E-state index < -0.39 is 34.1 Å². The molecule has 0 unspecified atom stereocenters. The number of aliphatic hydroxyl groups is 1. The molecule has 3 amide bonds. The number of nitrogens with one attached hydrogen (secondary N) is 2. The van der Waals surface area contributed by atoms with E-state index in [1.54, 1.807) is 48.9 Å². The zero-order valence-electron chi connectivity index (χ0n) is 24.2. The number of carbonyl (C=O) groups excluding carboxylic acids is 2. The highest BCUT2D eigenvalue weighted by atomic mass is 32.2. The van der Waals surface area contributed by atoms with Crippen molar-refractivity contribution < 1.29 is 37.3 Å². The van der Waals surface area contributed by atoms with Gasteiger partial charge in [0.05, 0.1) is 31.1 Å². The van der Waals surface area contributed by atoms with Gasteiger partial charge in [0.2, 0.25) is 6.79 Å². The average Bonchev–Trinajstić information content (AvgIpc) is 3.63. The molecule has 1 aromatic heterocycles. The van der Waals surface area contributed by atoms with Crippen LogP contribution in [0.15, 0.2) is 53.9 Å². The molecule has 43 heavy (non-hydrogen) atoms. The Morgan fingerprint density at radius 2 is 1.81 bits per heavy atom. The molecule has 2 aliphatic rings. The Morgan fingerprint density at radius 1 is 1.14 bits per heavy atom. The molecule has 3 atom stereocenters. The van der Waals surface area contributed by atoms with Crippen molar-refractivity contribution >= 4 is 33.3 Å². The molecule has 0 saturated heterocycles. The molecule has 0 radical (unpaired) electrons. The van der Waals surface area contributed by atoms with Crippen LogP contribution in [0.4, 0.5) is 16.2 Å². The summed E-state index contributed by atoms with van der Waals surface area (Å²) in [5.74, 6) is 0.624. The van der Waals surface area contributed by atoms with Crippen molar-refractivity contribution in [2.24, 2.45) is 13.0 Å². The number of hydrogen-bond acceptors (Lipinski definition) is 9. The Hall–Kier alpha value is -4.34. The van der Waals surface area contributed by atoms with Gasteiger partial charge in [-0.15, -0.1) is 0 Å². The number of amides is 3. The zero-order valence-corrected chi connectivity index (χ0v) is 25.0. The van der Waals surface area contributed by atoms with Gasteiger partial charge in [-0.2, -0.15) is 4.31 Å². The van der Waals surface area contributed by atoms with Crippen LogP contribution in [0.2, 0.25) is 0 Å². The highest BCUT2D eigenvalue weighted by molar-refractivity contribution is 7.89. The van der Waals surface area contributed by atoms with Gasteiger partial charge in [0.1, 0.15) is 11.9 Å². The SMILES string of the molecule is C[C@H](CO)N1C[C@H](C)[C@@H](CN(C)S(=O)(=O)c2cn(C)cn2)Oc2ccc(NC(=O)Nc3ccc4c(c3)OCO4)cc2C1=O. The van der Waals surface area contributed by atoms with E-state index in [2.05, 4.69) is 15.6 Å². The van der Waals surface area contributed by atoms with Gasteiger partial charge in [-0.25, -0.2) is 18.2 Å². The van der Waals surface area contributed by atoms with Crippen molar-refractivity contribution in [1.82, 2.24) is 18.8 Å². The molecule has 0 fully saturated rings. The van der Waals surface area contributed by atoms with E-state index >= 15 is 0 Å². The van der Waals surface area contributed by atoms with Crippen LogP contribution in [0, 0.1) is 5.92 Å². The predicted octanol–water partition coefficient (Wildman–Crippen LogP) is 2.33. The second kappa shape index (κ2) is 12.1. The number of aryl methyl sites for hydroxylation is 1. The third kappa shape index (κ3) is 6.38. The molecule has 3 aromatic rings. The molecule has 2 aromatic carbocycles. The quantitative estimate of drug-likeness (QED) is 0.345. The molecule has 2 aliphatic heterocycles. The molecule has 3 heterocycles. The number of sulfonamides is 1. The molecule has 15 heteroatoms. The number of aliphatic hydroxyl groups excluding tert-OH is 1. The fourth-order valence-corrected chi connectivity index (χ4v) is 5.96. The summed E-state index contributed by atoms with van der Waals surface area (Å²) in [6, 6.07) is 8.56. The van der Waals surface area contributed by atoms with E-state index in [0.717, 1.165) is 0 Å². The Kier molecular flexibility index (Phi) is 8.48. The molecular weight excluding hydrogens is 580 g/mol. The summed E-state index contributed by atoms with van der Waals surface area (Å²) < 4.78 is 46.0. The maximum absolute atomic E-state index is 13.7. The number of ether oxygens (including phenoxy) is 3. The third-order valence-corrected chi connectivity index (χ3v) is 9.06. The first-order valence-electron chi connectivity index (χ1n) is 13.6. The van der Waals surface area contributed by atoms with Crippen molar-refractivity contribution in [1.29, 1.82) is 0 Å². The minimum atomic E-state index is -3.90. The Balaban J connectivity index is 1.38. The molecule has 3 N–H and O–H groups in total. The van der Waals surface area contributed by atoms with Crippen molar-refractivity contribution in [3.63, 3.8) is 0 Å². The van der Waals surface area contributed by atoms with E-state index in [4.69, 9.17) is 14.2 Å². The Labute approximate surface area is 249 Å². The van der Waals surface area contributed by atoms with Crippen molar-refractivity contribution in [2.45, 2.75) is 31.0 Å². The van der Waals surface area contributed by atoms with Crippen molar-refractivity contribution in [3.05, 3.63) is 54.5 Å². The van der Waals surface area contributed by atoms with Gasteiger partial charge in [0.15, 0.2) is 16.5 Å². The van der Waals surface area contributed by atoms with Gasteiger partial charge < -0.3 is 39.4 Å². The van der Waals surface area contributed by atoms with Crippen LogP contribution in [-0.2, 0) is 17.1 Å². The van der Waals surface area contributed by atoms with E-state index in [-0.39, 0.29) is 48.7 Å². The lowest BCUT2D eigenvalue weighted by Gasteiger charge is -2.38. The lowest BCUT2D eigenvalue weighted by molar-refractivity contribution is 0.0387. The first kappa shape index (κ1) is 30.1. The molecule has 14 nitrogen and oxygen atoms in total. The number of imidazole rings is 1. The average molecular weight is 615 g/mol. The second-order valence-electron chi connectivity index (χ2n) is 10.6. The van der Waals surface area contributed by atoms with Gasteiger partial charge in [-0.05, 0) is 37.3 Å². The van der Waals surface area contributed by atoms with Crippen LogP contribution in [0.5, 0.6) is 17.2 Å². The molecule has 0 bridgehead atoms. The normalized spacial score (nSPS) is 18.8. The minimum absolute atomic E-state index is 0.0208. The van der Waals surface area contributed by atoms with Gasteiger partial charge >= 0.3 is 6.03 Å². The van der Waals surface area contributed by atoms with Gasteiger partial charge in [0.25, 0.3) is 15.9 Å². The topological polar surface area (TPSA) is 165 Å². The van der Waals surface area contributed by atoms with E-state index in [1.807, 2.05) is 6.92 Å².